The Kier molecular flexibility index (Phi) is 7.15. The number of rotatable bonds is 7. The van der Waals surface area contributed by atoms with Crippen molar-refractivity contribution in [2.45, 2.75) is 24.8 Å². The van der Waals surface area contributed by atoms with Crippen molar-refractivity contribution in [1.29, 1.82) is 0 Å². The van der Waals surface area contributed by atoms with Crippen molar-refractivity contribution in [3.05, 3.63) is 53.3 Å². The molecule has 2 fully saturated rings. The molecule has 4 heterocycles. The van der Waals surface area contributed by atoms with E-state index in [9.17, 15) is 12.8 Å². The molecule has 13 heteroatoms. The van der Waals surface area contributed by atoms with E-state index in [2.05, 4.69) is 30.2 Å². The second kappa shape index (κ2) is 10.3. The Hall–Kier alpha value is -3.09. The number of nitrogens with one attached hydrogen (secondary N) is 1. The van der Waals surface area contributed by atoms with E-state index in [0.29, 0.717) is 54.5 Å². The van der Waals surface area contributed by atoms with E-state index in [-0.39, 0.29) is 34.3 Å². The lowest BCUT2D eigenvalue weighted by Crippen LogP contribution is -2.58. The monoisotopic (exact) mass is 548 g/mol. The standard InChI is InChI=1S/C24H26ClFN6O4S/c1-3-37(33,34)18-4-5-20(19(26)6-18)31-22-14(2)23(30-13-29-22)36-21-15-9-32(10-16(21)12-35-11-15)24-27-7-17(25)8-28-24/h4-8,13,15-16,21H,3,9-12H2,1-2H3,(H,29,30,31). The molecule has 0 saturated carbocycles. The fraction of sp³-hybridized carbons (Fsp3) is 0.417. The highest BCUT2D eigenvalue weighted by atomic mass is 35.5. The third-order valence-electron chi connectivity index (χ3n) is 6.61. The number of halogens is 2. The molecular weight excluding hydrogens is 523 g/mol. The zero-order valence-corrected chi connectivity index (χ0v) is 21.8. The molecule has 10 nitrogen and oxygen atoms in total. The third kappa shape index (κ3) is 5.32. The summed E-state index contributed by atoms with van der Waals surface area (Å²) in [6.07, 6.45) is 4.36. The highest BCUT2D eigenvalue weighted by Gasteiger charge is 2.43. The lowest BCUT2D eigenvalue weighted by atomic mass is 9.84. The van der Waals surface area contributed by atoms with Gasteiger partial charge in [-0.1, -0.05) is 18.5 Å². The summed E-state index contributed by atoms with van der Waals surface area (Å²) < 4.78 is 51.1. The molecule has 196 valence electrons. The summed E-state index contributed by atoms with van der Waals surface area (Å²) in [5, 5.41) is 3.42. The van der Waals surface area contributed by atoms with Crippen LogP contribution in [0.1, 0.15) is 12.5 Å². The van der Waals surface area contributed by atoms with Crippen molar-refractivity contribution in [2.24, 2.45) is 11.8 Å². The highest BCUT2D eigenvalue weighted by molar-refractivity contribution is 7.91. The van der Waals surface area contributed by atoms with Crippen LogP contribution in [0.15, 0.2) is 41.8 Å². The molecule has 2 aromatic heterocycles. The van der Waals surface area contributed by atoms with Gasteiger partial charge in [-0.2, -0.15) is 0 Å². The van der Waals surface area contributed by atoms with Gasteiger partial charge in [0.25, 0.3) is 0 Å². The molecule has 0 radical (unpaired) electrons. The molecular formula is C24H26ClFN6O4S. The fourth-order valence-corrected chi connectivity index (χ4v) is 5.61. The SMILES string of the molecule is CCS(=O)(=O)c1ccc(Nc2ncnc(OC3C4COCC3CN(c3ncc(Cl)cn3)C4)c2C)c(F)c1. The van der Waals surface area contributed by atoms with Crippen LogP contribution in [0.3, 0.4) is 0 Å². The van der Waals surface area contributed by atoms with Crippen LogP contribution in [0.4, 0.5) is 21.8 Å². The zero-order chi connectivity index (χ0) is 26.2. The minimum absolute atomic E-state index is 0.0584. The topological polar surface area (TPSA) is 119 Å². The van der Waals surface area contributed by atoms with Crippen molar-refractivity contribution in [3.8, 4) is 5.88 Å². The Morgan fingerprint density at radius 1 is 1.16 bits per heavy atom. The lowest BCUT2D eigenvalue weighted by Gasteiger charge is -2.46. The number of hydrogen-bond donors (Lipinski definition) is 1. The summed E-state index contributed by atoms with van der Waals surface area (Å²) in [5.74, 6) is 0.683. The number of benzene rings is 1. The molecule has 0 aliphatic carbocycles. The molecule has 1 aromatic carbocycles. The second-order valence-corrected chi connectivity index (χ2v) is 11.8. The van der Waals surface area contributed by atoms with Crippen molar-refractivity contribution < 1.29 is 22.3 Å². The van der Waals surface area contributed by atoms with Crippen LogP contribution >= 0.6 is 11.6 Å². The Morgan fingerprint density at radius 2 is 1.86 bits per heavy atom. The van der Waals surface area contributed by atoms with Gasteiger partial charge in [-0.05, 0) is 25.1 Å². The van der Waals surface area contributed by atoms with E-state index < -0.39 is 15.7 Å². The maximum absolute atomic E-state index is 14.7. The van der Waals surface area contributed by atoms with Gasteiger partial charge in [0.2, 0.25) is 11.8 Å². The number of ether oxygens (including phenoxy) is 2. The highest BCUT2D eigenvalue weighted by Crippen LogP contribution is 2.34. The van der Waals surface area contributed by atoms with Gasteiger partial charge in [0, 0.05) is 24.9 Å². The van der Waals surface area contributed by atoms with Gasteiger partial charge in [-0.15, -0.1) is 0 Å². The Morgan fingerprint density at radius 3 is 2.51 bits per heavy atom. The molecule has 2 unspecified atom stereocenters. The third-order valence-corrected chi connectivity index (χ3v) is 8.54. The normalized spacial score (nSPS) is 21.5. The Bertz CT molecular complexity index is 1380. The van der Waals surface area contributed by atoms with Crippen molar-refractivity contribution in [1.82, 2.24) is 19.9 Å². The predicted octanol–water partition coefficient (Wildman–Crippen LogP) is 3.43. The predicted molar refractivity (Wildman–Crippen MR) is 136 cm³/mol. The quantitative estimate of drug-likeness (QED) is 0.470. The van der Waals surface area contributed by atoms with Gasteiger partial charge < -0.3 is 19.7 Å². The molecule has 2 atom stereocenters. The maximum atomic E-state index is 14.7. The van der Waals surface area contributed by atoms with Crippen LogP contribution in [-0.2, 0) is 14.6 Å². The van der Waals surface area contributed by atoms with Gasteiger partial charge in [0.05, 0.1) is 52.5 Å². The summed E-state index contributed by atoms with van der Waals surface area (Å²) in [6, 6.07) is 3.77. The molecule has 2 aliphatic heterocycles. The van der Waals surface area contributed by atoms with E-state index in [1.165, 1.54) is 25.4 Å². The van der Waals surface area contributed by atoms with E-state index in [4.69, 9.17) is 21.1 Å². The first-order valence-corrected chi connectivity index (χ1v) is 13.9. The Balaban J connectivity index is 1.33. The lowest BCUT2D eigenvalue weighted by molar-refractivity contribution is -0.0771. The largest absolute Gasteiger partial charge is 0.473 e. The van der Waals surface area contributed by atoms with Crippen LogP contribution in [0.25, 0.3) is 0 Å². The van der Waals surface area contributed by atoms with Gasteiger partial charge in [-0.3, -0.25) is 0 Å². The molecule has 2 aliphatic rings. The van der Waals surface area contributed by atoms with Crippen molar-refractivity contribution in [2.75, 3.05) is 42.3 Å². The van der Waals surface area contributed by atoms with Gasteiger partial charge >= 0.3 is 0 Å². The van der Waals surface area contributed by atoms with E-state index in [1.54, 1.807) is 19.3 Å². The average Bonchev–Trinajstić information content (AvgIpc) is 2.87. The minimum Gasteiger partial charge on any atom is -0.473 e. The van der Waals surface area contributed by atoms with Crippen LogP contribution in [0.5, 0.6) is 5.88 Å². The number of sulfone groups is 1. The van der Waals surface area contributed by atoms with E-state index in [1.807, 2.05) is 0 Å². The number of fused-ring (bicyclic) bond motifs is 2. The molecule has 37 heavy (non-hydrogen) atoms. The average molecular weight is 549 g/mol. The van der Waals surface area contributed by atoms with Crippen molar-refractivity contribution in [3.63, 3.8) is 0 Å². The van der Waals surface area contributed by atoms with Gasteiger partial charge in [0.15, 0.2) is 9.84 Å². The minimum atomic E-state index is -3.51. The summed E-state index contributed by atoms with van der Waals surface area (Å²) in [6.45, 7) is 5.65. The molecule has 2 bridgehead atoms. The number of aromatic nitrogens is 4. The summed E-state index contributed by atoms with van der Waals surface area (Å²) in [7, 11) is -3.51. The molecule has 0 spiro atoms. The first kappa shape index (κ1) is 25.6. The molecule has 2 saturated heterocycles. The smallest absolute Gasteiger partial charge is 0.225 e. The fourth-order valence-electron chi connectivity index (χ4n) is 4.62. The number of hydrogen-bond acceptors (Lipinski definition) is 10. The summed E-state index contributed by atoms with van der Waals surface area (Å²) in [5.41, 5.74) is 0.707. The van der Waals surface area contributed by atoms with Crippen molar-refractivity contribution >= 4 is 38.9 Å². The molecule has 1 N–H and O–H groups in total. The van der Waals surface area contributed by atoms with Crippen LogP contribution in [0.2, 0.25) is 5.02 Å². The summed E-state index contributed by atoms with van der Waals surface area (Å²) >= 11 is 5.93. The first-order chi connectivity index (χ1) is 17.7. The Labute approximate surface area is 219 Å². The van der Waals surface area contributed by atoms with Gasteiger partial charge in [-0.25, -0.2) is 32.7 Å². The molecule has 5 rings (SSSR count). The molecule has 0 amide bonds. The van der Waals surface area contributed by atoms with Crippen LogP contribution in [0, 0.1) is 24.6 Å². The number of anilines is 3. The first-order valence-electron chi connectivity index (χ1n) is 11.8. The maximum Gasteiger partial charge on any atom is 0.225 e. The van der Waals surface area contributed by atoms with Crippen LogP contribution in [-0.4, -0.2) is 66.5 Å². The molecule has 3 aromatic rings. The summed E-state index contributed by atoms with van der Waals surface area (Å²) in [4.78, 5) is 19.3. The van der Waals surface area contributed by atoms with Crippen LogP contribution < -0.4 is 15.0 Å². The second-order valence-electron chi connectivity index (χ2n) is 9.07. The number of piperidine rings is 1. The van der Waals surface area contributed by atoms with E-state index >= 15 is 0 Å². The number of nitrogens with zero attached hydrogens (tertiary/aromatic N) is 5. The van der Waals surface area contributed by atoms with E-state index in [0.717, 1.165) is 6.07 Å². The van der Waals surface area contributed by atoms with Gasteiger partial charge in [0.1, 0.15) is 24.1 Å². The zero-order valence-electron chi connectivity index (χ0n) is 20.3.